The van der Waals surface area contributed by atoms with Gasteiger partial charge in [0.05, 0.1) is 0 Å². The van der Waals surface area contributed by atoms with Gasteiger partial charge in [0.15, 0.2) is 0 Å². The van der Waals surface area contributed by atoms with Gasteiger partial charge < -0.3 is 36.3 Å². The summed E-state index contributed by atoms with van der Waals surface area (Å²) in [5.74, 6) is 0.263. The summed E-state index contributed by atoms with van der Waals surface area (Å²) in [5.41, 5.74) is 17.9. The molecule has 0 saturated carbocycles. The third-order valence-electron chi connectivity index (χ3n) is 5.53. The second-order valence-electron chi connectivity index (χ2n) is 8.42. The maximum atomic E-state index is 11.5. The summed E-state index contributed by atoms with van der Waals surface area (Å²) < 4.78 is 4.59. The summed E-state index contributed by atoms with van der Waals surface area (Å²) in [6.07, 6.45) is 0. The van der Waals surface area contributed by atoms with Crippen molar-refractivity contribution in [3.8, 4) is 0 Å². The van der Waals surface area contributed by atoms with Gasteiger partial charge in [-0.3, -0.25) is 9.59 Å². The molecule has 4 nitrogen and oxygen atoms in total. The van der Waals surface area contributed by atoms with Crippen LogP contribution in [0.5, 0.6) is 0 Å². The van der Waals surface area contributed by atoms with Crippen LogP contribution in [0.25, 0.3) is 0 Å². The van der Waals surface area contributed by atoms with Crippen LogP contribution in [0.15, 0.2) is 40.5 Å². The van der Waals surface area contributed by atoms with Gasteiger partial charge in [0.25, 0.3) is 0 Å². The van der Waals surface area contributed by atoms with Crippen LogP contribution in [-0.4, -0.2) is 11.8 Å². The van der Waals surface area contributed by atoms with E-state index < -0.39 is 0 Å². The minimum Gasteiger partial charge on any atom is -1.00 e. The van der Waals surface area contributed by atoms with Gasteiger partial charge >= 0.3 is 32.5 Å². The van der Waals surface area contributed by atoms with Gasteiger partial charge in [-0.2, -0.15) is 0 Å². The van der Waals surface area contributed by atoms with E-state index in [2.05, 4.69) is 43.9 Å². The van der Waals surface area contributed by atoms with E-state index in [4.69, 9.17) is 11.5 Å². The fourth-order valence-corrected chi connectivity index (χ4v) is 3.60. The van der Waals surface area contributed by atoms with Crippen molar-refractivity contribution >= 4 is 11.8 Å². The predicted molar refractivity (Wildman–Crippen MR) is 124 cm³/mol. The molecule has 1 aromatic rings. The van der Waals surface area contributed by atoms with Gasteiger partial charge in [0, 0.05) is 17.1 Å². The van der Waals surface area contributed by atoms with Crippen LogP contribution in [0.2, 0.25) is 9.26 Å². The summed E-state index contributed by atoms with van der Waals surface area (Å²) in [6, 6.07) is 5.96. The van der Waals surface area contributed by atoms with Crippen LogP contribution in [0.1, 0.15) is 88.7 Å². The van der Waals surface area contributed by atoms with Crippen molar-refractivity contribution in [2.24, 2.45) is 17.4 Å². The molecular formula is C25H40Cl2N2O2Zr. The molecule has 1 aliphatic rings. The van der Waals surface area contributed by atoms with E-state index in [9.17, 15) is 9.59 Å². The molecule has 4 N–H and O–H groups in total. The summed E-state index contributed by atoms with van der Waals surface area (Å²) in [5, 5.41) is 0. The molecule has 1 unspecified atom stereocenters. The van der Waals surface area contributed by atoms with Gasteiger partial charge in [-0.1, -0.05) is 58.4 Å². The Morgan fingerprint density at radius 2 is 1.22 bits per heavy atom. The maximum absolute atomic E-state index is 11.5. The topological polar surface area (TPSA) is 86.2 Å². The van der Waals surface area contributed by atoms with Crippen LogP contribution in [0.4, 0.5) is 0 Å². The molecule has 0 saturated heterocycles. The molecule has 32 heavy (non-hydrogen) atoms. The first kappa shape index (κ1) is 35.7. The number of carbonyl (C=O) groups is 2. The molecule has 7 heteroatoms. The number of allylic oxidation sites excluding steroid dienone is 3. The van der Waals surface area contributed by atoms with Crippen LogP contribution < -0.4 is 36.3 Å². The second kappa shape index (κ2) is 16.7. The molecule has 0 heterocycles. The van der Waals surface area contributed by atoms with E-state index in [-0.39, 0.29) is 65.8 Å². The van der Waals surface area contributed by atoms with Crippen molar-refractivity contribution in [3.63, 3.8) is 0 Å². The molecule has 0 aliphatic heterocycles. The summed E-state index contributed by atoms with van der Waals surface area (Å²) in [4.78, 5) is 22.5. The molecule has 0 aromatic heterocycles. The molecule has 2 amide bonds. The SMILES string of the molecule is CC(C)c1cccc(C(C)C)c1C(N)=O.CC1=C(C)C(C)C(C(N)=O)=C1C.[CH3][Zr+2][CH3].[Cl-].[Cl-]. The fourth-order valence-electron chi connectivity index (χ4n) is 3.60. The Balaban J connectivity index is -0.000000450. The van der Waals surface area contributed by atoms with Gasteiger partial charge in [-0.05, 0) is 54.9 Å². The third-order valence-corrected chi connectivity index (χ3v) is 5.53. The predicted octanol–water partition coefficient (Wildman–Crippen LogP) is -0.0203. The Hall–Kier alpha value is -0.897. The minimum atomic E-state index is -0.317. The number of hydrogen-bond donors (Lipinski definition) is 2. The number of benzene rings is 1. The van der Waals surface area contributed by atoms with Crippen molar-refractivity contribution in [2.75, 3.05) is 0 Å². The molecule has 180 valence electrons. The van der Waals surface area contributed by atoms with Crippen LogP contribution >= 0.6 is 0 Å². The largest absolute Gasteiger partial charge is 1.00 e. The van der Waals surface area contributed by atoms with Crippen molar-refractivity contribution < 1.29 is 57.6 Å². The Morgan fingerprint density at radius 3 is 1.41 bits per heavy atom. The Morgan fingerprint density at radius 1 is 0.844 bits per heavy atom. The molecule has 0 bridgehead atoms. The number of rotatable bonds is 4. The Bertz CT molecular complexity index is 805. The summed E-state index contributed by atoms with van der Waals surface area (Å²) >= 11 is 0.230. The van der Waals surface area contributed by atoms with Crippen molar-refractivity contribution in [1.82, 2.24) is 0 Å². The molecule has 2 rings (SSSR count). The quantitative estimate of drug-likeness (QED) is 0.541. The molecule has 1 aliphatic carbocycles. The zero-order valence-electron chi connectivity index (χ0n) is 21.2. The van der Waals surface area contributed by atoms with Gasteiger partial charge in [0.1, 0.15) is 0 Å². The average Bonchev–Trinajstić information content (AvgIpc) is 2.85. The Labute approximate surface area is 219 Å². The van der Waals surface area contributed by atoms with E-state index in [1.807, 2.05) is 39.0 Å². The molecule has 1 atom stereocenters. The van der Waals surface area contributed by atoms with E-state index in [0.717, 1.165) is 22.3 Å². The molecular weight excluding hydrogens is 522 g/mol. The monoisotopic (exact) mass is 560 g/mol. The number of hydrogen-bond acceptors (Lipinski definition) is 2. The van der Waals surface area contributed by atoms with Crippen molar-refractivity contribution in [2.45, 2.75) is 76.5 Å². The molecule has 0 radical (unpaired) electrons. The standard InChI is InChI=1S/C13H19NO.C10H15NO.2CH3.2ClH.Zr/c1-8(2)10-6-5-7-11(9(3)4)12(10)13(14)15;1-5-6(2)8(4)9(7(5)3)10(11)12;;;;;/h5-9H,1-4H3,(H2,14,15);7H,1-4H3,(H2,11,12);2*1H3;2*1H;/q;;;;;;+2/p-2. The maximum Gasteiger partial charge on any atom is -1.00 e. The summed E-state index contributed by atoms with van der Waals surface area (Å²) in [6.45, 7) is 16.4. The van der Waals surface area contributed by atoms with E-state index in [1.165, 1.54) is 11.1 Å². The van der Waals surface area contributed by atoms with Crippen molar-refractivity contribution in [3.05, 3.63) is 57.2 Å². The van der Waals surface area contributed by atoms with Crippen LogP contribution in [0, 0.1) is 5.92 Å². The van der Waals surface area contributed by atoms with Crippen LogP contribution in [-0.2, 0) is 28.0 Å². The average molecular weight is 563 g/mol. The number of carbonyl (C=O) groups excluding carboxylic acids is 2. The first-order chi connectivity index (χ1) is 13.8. The first-order valence-electron chi connectivity index (χ1n) is 10.5. The second-order valence-corrected chi connectivity index (χ2v) is 10.9. The van der Waals surface area contributed by atoms with E-state index in [0.29, 0.717) is 17.4 Å². The number of primary amides is 2. The molecule has 1 aromatic carbocycles. The number of amides is 2. The molecule has 0 fully saturated rings. The summed E-state index contributed by atoms with van der Waals surface area (Å²) in [7, 11) is 0. The van der Waals surface area contributed by atoms with E-state index >= 15 is 0 Å². The smallest absolute Gasteiger partial charge is 1.00 e. The Kier molecular flexibility index (Phi) is 18.6. The zero-order valence-corrected chi connectivity index (χ0v) is 25.2. The molecule has 0 spiro atoms. The number of halogens is 2. The normalized spacial score (nSPS) is 14.4. The van der Waals surface area contributed by atoms with Gasteiger partial charge in [-0.25, -0.2) is 0 Å². The minimum absolute atomic E-state index is 0. The zero-order chi connectivity index (χ0) is 23.8. The fraction of sp³-hybridized carbons (Fsp3) is 0.520. The van der Waals surface area contributed by atoms with E-state index in [1.54, 1.807) is 0 Å². The van der Waals surface area contributed by atoms with Crippen molar-refractivity contribution in [1.29, 1.82) is 0 Å². The third kappa shape index (κ3) is 9.53. The first-order valence-corrected chi connectivity index (χ1v) is 15.4. The van der Waals surface area contributed by atoms with Gasteiger partial charge in [-0.15, -0.1) is 0 Å². The number of nitrogens with two attached hydrogens (primary N) is 2. The van der Waals surface area contributed by atoms with Crippen LogP contribution in [0.3, 0.4) is 0 Å². The van der Waals surface area contributed by atoms with Gasteiger partial charge in [0.2, 0.25) is 11.8 Å².